The monoisotopic (exact) mass is 271 g/mol. The zero-order chi connectivity index (χ0) is 13.9. The number of fused-ring (bicyclic) bond motifs is 1. The molecule has 4 heteroatoms. The fraction of sp³-hybridized carbons (Fsp3) is 0.250. The number of rotatable bonds is 4. The number of hydrogen-bond donors (Lipinski definition) is 2. The molecule has 0 fully saturated rings. The first kappa shape index (κ1) is 12.7. The molecule has 4 nitrogen and oxygen atoms in total. The highest BCUT2D eigenvalue weighted by molar-refractivity contribution is 5.52. The summed E-state index contributed by atoms with van der Waals surface area (Å²) in [6, 6.07) is 13.2. The summed E-state index contributed by atoms with van der Waals surface area (Å²) in [5, 5.41) is 12.9. The first-order valence-electron chi connectivity index (χ1n) is 6.71. The minimum Gasteiger partial charge on any atom is -0.508 e. The third-order valence-electron chi connectivity index (χ3n) is 3.28. The lowest BCUT2D eigenvalue weighted by Crippen LogP contribution is -2.11. The van der Waals surface area contributed by atoms with Crippen molar-refractivity contribution in [3.63, 3.8) is 0 Å². The van der Waals surface area contributed by atoms with Crippen LogP contribution < -0.4 is 14.8 Å². The van der Waals surface area contributed by atoms with E-state index in [0.717, 1.165) is 22.7 Å². The van der Waals surface area contributed by atoms with Gasteiger partial charge in [0.25, 0.3) is 0 Å². The molecule has 0 saturated heterocycles. The summed E-state index contributed by atoms with van der Waals surface area (Å²) in [6.07, 6.45) is 0. The summed E-state index contributed by atoms with van der Waals surface area (Å²) in [7, 11) is 0. The van der Waals surface area contributed by atoms with Gasteiger partial charge in [0, 0.05) is 17.3 Å². The Bertz CT molecular complexity index is 595. The minimum absolute atomic E-state index is 0.101. The van der Waals surface area contributed by atoms with Crippen LogP contribution in [0, 0.1) is 0 Å². The Balaban J connectivity index is 1.73. The Morgan fingerprint density at radius 1 is 1.25 bits per heavy atom. The van der Waals surface area contributed by atoms with E-state index in [-0.39, 0.29) is 11.8 Å². The number of hydrogen-bond acceptors (Lipinski definition) is 4. The zero-order valence-corrected chi connectivity index (χ0v) is 11.3. The van der Waals surface area contributed by atoms with E-state index in [1.807, 2.05) is 37.3 Å². The molecule has 0 aliphatic carbocycles. The van der Waals surface area contributed by atoms with Crippen LogP contribution in [0.2, 0.25) is 0 Å². The van der Waals surface area contributed by atoms with Crippen LogP contribution >= 0.6 is 0 Å². The van der Waals surface area contributed by atoms with E-state index in [1.165, 1.54) is 0 Å². The Hall–Kier alpha value is -2.36. The van der Waals surface area contributed by atoms with E-state index < -0.39 is 0 Å². The van der Waals surface area contributed by atoms with Gasteiger partial charge in [-0.3, -0.25) is 0 Å². The van der Waals surface area contributed by atoms with E-state index >= 15 is 0 Å². The molecule has 1 aliphatic rings. The number of phenolic OH excluding ortho intramolecular Hbond substituents is 1. The summed E-state index contributed by atoms with van der Waals surface area (Å²) in [5.41, 5.74) is 2.08. The normalized spacial score (nSPS) is 16.4. The van der Waals surface area contributed by atoms with Crippen LogP contribution in [0.4, 0.5) is 5.69 Å². The molecular formula is C16H17NO3. The van der Waals surface area contributed by atoms with Gasteiger partial charge in [-0.25, -0.2) is 0 Å². The summed E-state index contributed by atoms with van der Waals surface area (Å²) < 4.78 is 11.0. The second-order valence-electron chi connectivity index (χ2n) is 4.69. The Morgan fingerprint density at radius 3 is 2.80 bits per heavy atom. The average molecular weight is 271 g/mol. The van der Waals surface area contributed by atoms with E-state index in [1.54, 1.807) is 12.1 Å². The van der Waals surface area contributed by atoms with Crippen molar-refractivity contribution in [2.45, 2.75) is 13.0 Å². The highest BCUT2D eigenvalue weighted by Crippen LogP contribution is 2.36. The van der Waals surface area contributed by atoms with Crippen molar-refractivity contribution in [3.8, 4) is 17.2 Å². The molecule has 0 amide bonds. The Labute approximate surface area is 118 Å². The van der Waals surface area contributed by atoms with Crippen molar-refractivity contribution in [3.05, 3.63) is 48.0 Å². The summed E-state index contributed by atoms with van der Waals surface area (Å²) in [5.74, 6) is 1.84. The highest BCUT2D eigenvalue weighted by Gasteiger charge is 2.24. The lowest BCUT2D eigenvalue weighted by Gasteiger charge is -2.13. The van der Waals surface area contributed by atoms with Crippen molar-refractivity contribution in [2.24, 2.45) is 0 Å². The average Bonchev–Trinajstić information content (AvgIpc) is 2.83. The van der Waals surface area contributed by atoms with Gasteiger partial charge in [0.2, 0.25) is 0 Å². The van der Waals surface area contributed by atoms with Crippen LogP contribution in [-0.4, -0.2) is 18.3 Å². The van der Waals surface area contributed by atoms with Crippen molar-refractivity contribution in [2.75, 3.05) is 18.5 Å². The first-order chi connectivity index (χ1) is 9.76. The van der Waals surface area contributed by atoms with Gasteiger partial charge < -0.3 is 19.9 Å². The van der Waals surface area contributed by atoms with Crippen molar-refractivity contribution in [1.29, 1.82) is 0 Å². The number of phenols is 1. The van der Waals surface area contributed by atoms with Gasteiger partial charge in [0.15, 0.2) is 0 Å². The first-order valence-corrected chi connectivity index (χ1v) is 6.71. The minimum atomic E-state index is 0.101. The molecule has 0 saturated carbocycles. The zero-order valence-electron chi connectivity index (χ0n) is 11.3. The van der Waals surface area contributed by atoms with Crippen LogP contribution in [0.1, 0.15) is 18.5 Å². The maximum Gasteiger partial charge on any atom is 0.128 e. The van der Waals surface area contributed by atoms with Gasteiger partial charge in [0.05, 0.1) is 12.6 Å². The summed E-state index contributed by atoms with van der Waals surface area (Å²) in [4.78, 5) is 0. The van der Waals surface area contributed by atoms with E-state index in [0.29, 0.717) is 13.2 Å². The molecule has 1 heterocycles. The Morgan fingerprint density at radius 2 is 2.05 bits per heavy atom. The number of benzene rings is 2. The fourth-order valence-corrected chi connectivity index (χ4v) is 2.33. The molecule has 1 atom stereocenters. The molecule has 2 aromatic carbocycles. The van der Waals surface area contributed by atoms with Gasteiger partial charge in [-0.15, -0.1) is 0 Å². The predicted octanol–water partition coefficient (Wildman–Crippen LogP) is 3.34. The summed E-state index contributed by atoms with van der Waals surface area (Å²) >= 11 is 0. The fourth-order valence-electron chi connectivity index (χ4n) is 2.33. The van der Waals surface area contributed by atoms with Crippen molar-refractivity contribution < 1.29 is 14.6 Å². The molecule has 2 N–H and O–H groups in total. The molecular weight excluding hydrogens is 254 g/mol. The van der Waals surface area contributed by atoms with Gasteiger partial charge in [0.1, 0.15) is 23.9 Å². The van der Waals surface area contributed by atoms with Gasteiger partial charge in [-0.2, -0.15) is 0 Å². The molecule has 1 aliphatic heterocycles. The highest BCUT2D eigenvalue weighted by atomic mass is 16.5. The molecule has 0 aromatic heterocycles. The van der Waals surface area contributed by atoms with Crippen LogP contribution in [0.15, 0.2) is 42.5 Å². The number of nitrogens with one attached hydrogen (secondary N) is 1. The third kappa shape index (κ3) is 2.50. The van der Waals surface area contributed by atoms with Crippen LogP contribution in [0.3, 0.4) is 0 Å². The second kappa shape index (κ2) is 5.33. The SMILES string of the molecule is CCOc1ccc(NC2COc3cc(O)ccc32)cc1. The van der Waals surface area contributed by atoms with Crippen LogP contribution in [0.5, 0.6) is 17.2 Å². The third-order valence-corrected chi connectivity index (χ3v) is 3.28. The predicted molar refractivity (Wildman–Crippen MR) is 77.6 cm³/mol. The molecule has 0 radical (unpaired) electrons. The molecule has 3 rings (SSSR count). The number of anilines is 1. The molecule has 2 aromatic rings. The number of ether oxygens (including phenoxy) is 2. The van der Waals surface area contributed by atoms with E-state index in [9.17, 15) is 5.11 Å². The number of aromatic hydroxyl groups is 1. The maximum absolute atomic E-state index is 9.44. The van der Waals surface area contributed by atoms with Crippen molar-refractivity contribution >= 4 is 5.69 Å². The maximum atomic E-state index is 9.44. The van der Waals surface area contributed by atoms with E-state index in [2.05, 4.69) is 5.32 Å². The topological polar surface area (TPSA) is 50.7 Å². The largest absolute Gasteiger partial charge is 0.508 e. The molecule has 0 bridgehead atoms. The van der Waals surface area contributed by atoms with Gasteiger partial charge >= 0.3 is 0 Å². The molecule has 20 heavy (non-hydrogen) atoms. The smallest absolute Gasteiger partial charge is 0.128 e. The van der Waals surface area contributed by atoms with Crippen molar-refractivity contribution in [1.82, 2.24) is 0 Å². The summed E-state index contributed by atoms with van der Waals surface area (Å²) in [6.45, 7) is 3.19. The Kier molecular flexibility index (Phi) is 3.37. The van der Waals surface area contributed by atoms with Crippen LogP contribution in [-0.2, 0) is 0 Å². The van der Waals surface area contributed by atoms with Gasteiger partial charge in [-0.05, 0) is 43.3 Å². The standard InChI is InChI=1S/C16H17NO3/c1-2-19-13-6-3-11(4-7-13)17-15-10-20-16-9-12(18)5-8-14(15)16/h3-9,15,17-18H,2,10H2,1H3. The lowest BCUT2D eigenvalue weighted by atomic mass is 10.1. The van der Waals surface area contributed by atoms with E-state index in [4.69, 9.17) is 9.47 Å². The van der Waals surface area contributed by atoms with Crippen LogP contribution in [0.25, 0.3) is 0 Å². The van der Waals surface area contributed by atoms with Gasteiger partial charge in [-0.1, -0.05) is 0 Å². The second-order valence-corrected chi connectivity index (χ2v) is 4.69. The molecule has 1 unspecified atom stereocenters. The molecule has 104 valence electrons. The lowest BCUT2D eigenvalue weighted by molar-refractivity contribution is 0.338. The quantitative estimate of drug-likeness (QED) is 0.895. The molecule has 0 spiro atoms.